The molecule has 0 aliphatic carbocycles. The third kappa shape index (κ3) is 3.32. The number of carbonyl (C=O) groups excluding carboxylic acids is 2. The molecule has 7 heteroatoms. The molecule has 0 unspecified atom stereocenters. The summed E-state index contributed by atoms with van der Waals surface area (Å²) in [7, 11) is 3.13. The second kappa shape index (κ2) is 7.14. The summed E-state index contributed by atoms with van der Waals surface area (Å²) in [5.74, 6) is -2.00. The number of carboxylic acid groups (broad SMARTS) is 1. The van der Waals surface area contributed by atoms with Crippen molar-refractivity contribution in [2.24, 2.45) is 11.8 Å². The highest BCUT2D eigenvalue weighted by Crippen LogP contribution is 2.38. The minimum atomic E-state index is -1.25. The summed E-state index contributed by atoms with van der Waals surface area (Å²) in [6.07, 6.45) is 2.94. The molecule has 1 N–H and O–H groups in total. The van der Waals surface area contributed by atoms with Gasteiger partial charge in [-0.2, -0.15) is 0 Å². The third-order valence-corrected chi connectivity index (χ3v) is 4.64. The summed E-state index contributed by atoms with van der Waals surface area (Å²) < 4.78 is 15.9. The molecule has 2 aliphatic heterocycles. The van der Waals surface area contributed by atoms with Crippen molar-refractivity contribution in [3.8, 4) is 11.5 Å². The van der Waals surface area contributed by atoms with E-state index in [1.165, 1.54) is 0 Å². The number of aliphatic carboxylic acids is 1. The van der Waals surface area contributed by atoms with Crippen molar-refractivity contribution in [1.29, 1.82) is 0 Å². The maximum Gasteiger partial charge on any atom is 0.226 e. The SMILES string of the molecule is COc1ccc(CCNC(=O)[C@@H]2[C@@H](C(=O)[O-])[C@@H]3C=C[C@H]2O3)cc1OC. The van der Waals surface area contributed by atoms with Crippen LogP contribution in [0, 0.1) is 11.8 Å². The summed E-state index contributed by atoms with van der Waals surface area (Å²) in [6.45, 7) is 0.381. The van der Waals surface area contributed by atoms with Crippen LogP contribution in [0.5, 0.6) is 11.5 Å². The largest absolute Gasteiger partial charge is 0.550 e. The highest BCUT2D eigenvalue weighted by atomic mass is 16.5. The normalized spacial score (nSPS) is 26.5. The van der Waals surface area contributed by atoms with Gasteiger partial charge in [-0.3, -0.25) is 4.79 Å². The molecule has 134 valence electrons. The van der Waals surface area contributed by atoms with E-state index >= 15 is 0 Å². The van der Waals surface area contributed by atoms with Gasteiger partial charge in [-0.25, -0.2) is 0 Å². The Bertz CT molecular complexity index is 701. The van der Waals surface area contributed by atoms with Crippen LogP contribution in [-0.4, -0.2) is 44.8 Å². The van der Waals surface area contributed by atoms with Crippen molar-refractivity contribution in [2.75, 3.05) is 20.8 Å². The molecule has 0 radical (unpaired) electrons. The van der Waals surface area contributed by atoms with Gasteiger partial charge in [-0.05, 0) is 24.1 Å². The van der Waals surface area contributed by atoms with Gasteiger partial charge >= 0.3 is 0 Å². The lowest BCUT2D eigenvalue weighted by molar-refractivity contribution is -0.313. The lowest BCUT2D eigenvalue weighted by Gasteiger charge is -2.25. The van der Waals surface area contributed by atoms with Gasteiger partial charge in [0.05, 0.1) is 32.3 Å². The molecule has 2 bridgehead atoms. The van der Waals surface area contributed by atoms with Gasteiger partial charge in [0.25, 0.3) is 0 Å². The fourth-order valence-corrected chi connectivity index (χ4v) is 3.39. The lowest BCUT2D eigenvalue weighted by atomic mass is 9.82. The van der Waals surface area contributed by atoms with Gasteiger partial charge in [0.2, 0.25) is 5.91 Å². The van der Waals surface area contributed by atoms with Crippen LogP contribution in [-0.2, 0) is 20.7 Å². The number of nitrogens with one attached hydrogen (secondary N) is 1. The second-order valence-corrected chi connectivity index (χ2v) is 6.05. The molecular formula is C18H20NO6-. The molecule has 0 spiro atoms. The van der Waals surface area contributed by atoms with E-state index < -0.39 is 30.0 Å². The Morgan fingerprint density at radius 3 is 2.44 bits per heavy atom. The number of carbonyl (C=O) groups is 2. The van der Waals surface area contributed by atoms with E-state index in [1.807, 2.05) is 12.1 Å². The molecular weight excluding hydrogens is 326 g/mol. The average molecular weight is 346 g/mol. The summed E-state index contributed by atoms with van der Waals surface area (Å²) in [4.78, 5) is 23.7. The second-order valence-electron chi connectivity index (χ2n) is 6.05. The van der Waals surface area contributed by atoms with Crippen LogP contribution in [0.1, 0.15) is 5.56 Å². The van der Waals surface area contributed by atoms with E-state index in [4.69, 9.17) is 14.2 Å². The maximum absolute atomic E-state index is 12.4. The van der Waals surface area contributed by atoms with Crippen molar-refractivity contribution in [3.63, 3.8) is 0 Å². The Hall–Kier alpha value is -2.54. The molecule has 0 aromatic heterocycles. The molecule has 25 heavy (non-hydrogen) atoms. The lowest BCUT2D eigenvalue weighted by Crippen LogP contribution is -2.47. The van der Waals surface area contributed by atoms with Crippen molar-refractivity contribution in [3.05, 3.63) is 35.9 Å². The molecule has 1 saturated heterocycles. The van der Waals surface area contributed by atoms with Crippen LogP contribution >= 0.6 is 0 Å². The van der Waals surface area contributed by atoms with Crippen molar-refractivity contribution >= 4 is 11.9 Å². The zero-order valence-electron chi connectivity index (χ0n) is 14.1. The van der Waals surface area contributed by atoms with Crippen molar-refractivity contribution in [2.45, 2.75) is 18.6 Å². The van der Waals surface area contributed by atoms with Gasteiger partial charge in [-0.1, -0.05) is 18.2 Å². The average Bonchev–Trinajstić information content (AvgIpc) is 3.22. The van der Waals surface area contributed by atoms with E-state index in [-0.39, 0.29) is 5.91 Å². The third-order valence-electron chi connectivity index (χ3n) is 4.64. The van der Waals surface area contributed by atoms with Gasteiger partial charge in [0.15, 0.2) is 11.5 Å². The molecule has 4 atom stereocenters. The standard InChI is InChI=1S/C18H21NO6/c1-23-11-4-3-10(9-14(11)24-2)7-8-19-17(20)15-12-5-6-13(25-12)16(15)18(21)22/h3-6,9,12-13,15-16H,7-8H2,1-2H3,(H,19,20)(H,21,22)/p-1/t12-,13+,15+,16+/m1/s1. The molecule has 2 aliphatic rings. The quantitative estimate of drug-likeness (QED) is 0.680. The first-order valence-electron chi connectivity index (χ1n) is 8.08. The van der Waals surface area contributed by atoms with Gasteiger partial charge in [0, 0.05) is 18.4 Å². The molecule has 1 amide bonds. The van der Waals surface area contributed by atoms with E-state index in [9.17, 15) is 14.7 Å². The van der Waals surface area contributed by atoms with E-state index in [2.05, 4.69) is 5.32 Å². The first-order chi connectivity index (χ1) is 12.0. The molecule has 1 fully saturated rings. The minimum Gasteiger partial charge on any atom is -0.550 e. The van der Waals surface area contributed by atoms with Crippen LogP contribution in [0.2, 0.25) is 0 Å². The number of carboxylic acids is 1. The number of hydrogen-bond donors (Lipinski definition) is 1. The number of benzene rings is 1. The van der Waals surface area contributed by atoms with Gasteiger partial charge in [-0.15, -0.1) is 0 Å². The number of amides is 1. The summed E-state index contributed by atoms with van der Waals surface area (Å²) in [5.41, 5.74) is 0.971. The Balaban J connectivity index is 1.58. The van der Waals surface area contributed by atoms with Gasteiger partial charge < -0.3 is 29.4 Å². The summed E-state index contributed by atoms with van der Waals surface area (Å²) in [6, 6.07) is 5.54. The summed E-state index contributed by atoms with van der Waals surface area (Å²) >= 11 is 0. The number of methoxy groups -OCH3 is 2. The Kier molecular flexibility index (Phi) is 4.94. The molecule has 7 nitrogen and oxygen atoms in total. The zero-order chi connectivity index (χ0) is 18.0. The molecule has 1 aromatic carbocycles. The van der Waals surface area contributed by atoms with E-state index in [0.717, 1.165) is 5.56 Å². The Morgan fingerprint density at radius 1 is 1.12 bits per heavy atom. The van der Waals surface area contributed by atoms with E-state index in [0.29, 0.717) is 24.5 Å². The molecule has 1 aromatic rings. The van der Waals surface area contributed by atoms with E-state index in [1.54, 1.807) is 32.4 Å². The Morgan fingerprint density at radius 2 is 1.80 bits per heavy atom. The fourth-order valence-electron chi connectivity index (χ4n) is 3.39. The first kappa shape index (κ1) is 17.3. The van der Waals surface area contributed by atoms with Crippen LogP contribution in [0.3, 0.4) is 0 Å². The van der Waals surface area contributed by atoms with Crippen molar-refractivity contribution < 1.29 is 28.9 Å². The number of hydrogen-bond acceptors (Lipinski definition) is 6. The number of fused-ring (bicyclic) bond motifs is 2. The highest BCUT2D eigenvalue weighted by Gasteiger charge is 2.50. The minimum absolute atomic E-state index is 0.327. The molecule has 2 heterocycles. The number of ether oxygens (including phenoxy) is 3. The smallest absolute Gasteiger partial charge is 0.226 e. The van der Waals surface area contributed by atoms with Gasteiger partial charge in [0.1, 0.15) is 0 Å². The highest BCUT2D eigenvalue weighted by molar-refractivity contribution is 5.86. The predicted molar refractivity (Wildman–Crippen MR) is 86.0 cm³/mol. The Labute approximate surface area is 145 Å². The van der Waals surface area contributed by atoms with Crippen molar-refractivity contribution in [1.82, 2.24) is 5.32 Å². The molecule has 3 rings (SSSR count). The first-order valence-corrected chi connectivity index (χ1v) is 8.08. The topological polar surface area (TPSA) is 96.9 Å². The number of rotatable bonds is 7. The maximum atomic E-state index is 12.4. The fraction of sp³-hybridized carbons (Fsp3) is 0.444. The van der Waals surface area contributed by atoms with Crippen LogP contribution in [0.25, 0.3) is 0 Å². The monoisotopic (exact) mass is 346 g/mol. The van der Waals surface area contributed by atoms with Crippen LogP contribution in [0.4, 0.5) is 0 Å². The van der Waals surface area contributed by atoms with Crippen LogP contribution in [0.15, 0.2) is 30.4 Å². The molecule has 0 saturated carbocycles. The summed E-state index contributed by atoms with van der Waals surface area (Å²) in [5, 5.41) is 14.1. The zero-order valence-corrected chi connectivity index (χ0v) is 14.1. The van der Waals surface area contributed by atoms with Crippen LogP contribution < -0.4 is 19.9 Å². The predicted octanol–water partition coefficient (Wildman–Crippen LogP) is -0.318.